The third-order valence-corrected chi connectivity index (χ3v) is 4.43. The van der Waals surface area contributed by atoms with Gasteiger partial charge < -0.3 is 14.4 Å². The van der Waals surface area contributed by atoms with E-state index < -0.39 is 0 Å². The lowest BCUT2D eigenvalue weighted by molar-refractivity contribution is -0.135. The molecule has 140 valence electrons. The number of carbonyl (C=O) groups excluding carboxylic acids is 1. The highest BCUT2D eigenvalue weighted by Gasteiger charge is 2.21. The van der Waals surface area contributed by atoms with Gasteiger partial charge in [0.25, 0.3) is 5.91 Å². The summed E-state index contributed by atoms with van der Waals surface area (Å²) in [6, 6.07) is 9.28. The van der Waals surface area contributed by atoms with Crippen molar-refractivity contribution in [2.24, 2.45) is 0 Å². The Balaban J connectivity index is 1.36. The highest BCUT2D eigenvalue weighted by molar-refractivity contribution is 5.77. The van der Waals surface area contributed by atoms with Gasteiger partial charge in [-0.1, -0.05) is 0 Å². The van der Waals surface area contributed by atoms with Crippen LogP contribution in [-0.2, 0) is 11.3 Å². The molecule has 0 saturated carbocycles. The van der Waals surface area contributed by atoms with Crippen LogP contribution in [-0.4, -0.2) is 71.4 Å². The van der Waals surface area contributed by atoms with Crippen LogP contribution in [0.25, 0.3) is 0 Å². The second-order valence-electron chi connectivity index (χ2n) is 6.18. The number of nitrogens with zero attached hydrogens (tertiary/aromatic N) is 4. The zero-order valence-electron chi connectivity index (χ0n) is 15.2. The summed E-state index contributed by atoms with van der Waals surface area (Å²) < 4.78 is 12.9. The number of ether oxygens (including phenoxy) is 2. The Morgan fingerprint density at radius 1 is 1.04 bits per heavy atom. The molecule has 1 aliphatic rings. The Morgan fingerprint density at radius 2 is 1.73 bits per heavy atom. The van der Waals surface area contributed by atoms with Crippen LogP contribution in [0.1, 0.15) is 6.92 Å². The lowest BCUT2D eigenvalue weighted by atomic mass is 10.3. The molecule has 0 radical (unpaired) electrons. The van der Waals surface area contributed by atoms with Crippen LogP contribution in [0.3, 0.4) is 0 Å². The molecule has 1 fully saturated rings. The summed E-state index contributed by atoms with van der Waals surface area (Å²) in [7, 11) is 0. The van der Waals surface area contributed by atoms with Gasteiger partial charge in [0, 0.05) is 45.1 Å². The fourth-order valence-electron chi connectivity index (χ4n) is 2.93. The van der Waals surface area contributed by atoms with Crippen LogP contribution in [0.15, 0.2) is 42.7 Å². The van der Waals surface area contributed by atoms with Gasteiger partial charge in [-0.15, -0.1) is 0 Å². The van der Waals surface area contributed by atoms with Gasteiger partial charge in [-0.25, -0.2) is 0 Å². The first-order valence-electron chi connectivity index (χ1n) is 9.08. The average molecular weight is 358 g/mol. The van der Waals surface area contributed by atoms with Crippen molar-refractivity contribution in [3.63, 3.8) is 0 Å². The van der Waals surface area contributed by atoms with Crippen LogP contribution in [0, 0.1) is 0 Å². The summed E-state index contributed by atoms with van der Waals surface area (Å²) >= 11 is 0. The number of aromatic nitrogens is 2. The molecule has 0 unspecified atom stereocenters. The highest BCUT2D eigenvalue weighted by Crippen LogP contribution is 2.17. The molecule has 0 atom stereocenters. The molecule has 0 aliphatic carbocycles. The summed E-state index contributed by atoms with van der Waals surface area (Å²) in [6.07, 6.45) is 3.76. The average Bonchev–Trinajstić information content (AvgIpc) is 3.20. The van der Waals surface area contributed by atoms with E-state index in [1.54, 1.807) is 6.20 Å². The SMILES string of the molecule is CCOc1ccc(OCC(=O)N2CCN(CCn3cccn3)CC2)cc1. The molecule has 0 bridgehead atoms. The van der Waals surface area contributed by atoms with Gasteiger partial charge in [0.05, 0.1) is 13.2 Å². The monoisotopic (exact) mass is 358 g/mol. The van der Waals surface area contributed by atoms with Crippen LogP contribution in [0.5, 0.6) is 11.5 Å². The number of rotatable bonds is 8. The van der Waals surface area contributed by atoms with Crippen molar-refractivity contribution in [2.45, 2.75) is 13.5 Å². The maximum Gasteiger partial charge on any atom is 0.260 e. The van der Waals surface area contributed by atoms with E-state index in [-0.39, 0.29) is 12.5 Å². The number of amides is 1. The van der Waals surface area contributed by atoms with Gasteiger partial charge in [-0.3, -0.25) is 14.4 Å². The molecular weight excluding hydrogens is 332 g/mol. The van der Waals surface area contributed by atoms with E-state index in [1.165, 1.54) is 0 Å². The first kappa shape index (κ1) is 18.3. The number of piperazine rings is 1. The molecule has 1 amide bonds. The number of carbonyl (C=O) groups is 1. The molecule has 2 aromatic rings. The van der Waals surface area contributed by atoms with Crippen molar-refractivity contribution in [1.82, 2.24) is 19.6 Å². The lowest BCUT2D eigenvalue weighted by Gasteiger charge is -2.34. The van der Waals surface area contributed by atoms with Crippen molar-refractivity contribution >= 4 is 5.91 Å². The van der Waals surface area contributed by atoms with Crippen LogP contribution >= 0.6 is 0 Å². The topological polar surface area (TPSA) is 59.8 Å². The largest absolute Gasteiger partial charge is 0.494 e. The Kier molecular flexibility index (Phi) is 6.49. The summed E-state index contributed by atoms with van der Waals surface area (Å²) in [4.78, 5) is 16.6. The normalized spacial score (nSPS) is 15.0. The third kappa shape index (κ3) is 5.23. The molecule has 1 aromatic carbocycles. The molecule has 7 heteroatoms. The Bertz CT molecular complexity index is 665. The van der Waals surface area contributed by atoms with Crippen molar-refractivity contribution in [2.75, 3.05) is 45.9 Å². The first-order valence-corrected chi connectivity index (χ1v) is 9.08. The molecule has 0 spiro atoms. The quantitative estimate of drug-likeness (QED) is 0.716. The molecule has 3 rings (SSSR count). The minimum atomic E-state index is 0.0330. The smallest absolute Gasteiger partial charge is 0.260 e. The molecule has 1 aliphatic heterocycles. The van der Waals surface area contributed by atoms with Crippen molar-refractivity contribution in [3.05, 3.63) is 42.7 Å². The fourth-order valence-corrected chi connectivity index (χ4v) is 2.93. The summed E-state index contributed by atoms with van der Waals surface area (Å²) in [5, 5.41) is 4.21. The summed E-state index contributed by atoms with van der Waals surface area (Å²) in [5.74, 6) is 1.52. The van der Waals surface area contributed by atoms with E-state index in [9.17, 15) is 4.79 Å². The Labute approximate surface area is 154 Å². The maximum atomic E-state index is 12.3. The standard InChI is InChI=1S/C19H26N4O3/c1-2-25-17-4-6-18(7-5-17)26-16-19(24)22-13-10-21(11-14-22)12-15-23-9-3-8-20-23/h3-9H,2,10-16H2,1H3. The highest BCUT2D eigenvalue weighted by atomic mass is 16.5. The lowest BCUT2D eigenvalue weighted by Crippen LogP contribution is -2.50. The van der Waals surface area contributed by atoms with Gasteiger partial charge in [0.15, 0.2) is 6.61 Å². The van der Waals surface area contributed by atoms with Crippen molar-refractivity contribution in [3.8, 4) is 11.5 Å². The summed E-state index contributed by atoms with van der Waals surface area (Å²) in [6.45, 7) is 7.73. The predicted octanol–water partition coefficient (Wildman–Crippen LogP) is 1.50. The predicted molar refractivity (Wildman–Crippen MR) is 98.4 cm³/mol. The number of hydrogen-bond donors (Lipinski definition) is 0. The van der Waals surface area contributed by atoms with Gasteiger partial charge in [-0.2, -0.15) is 5.10 Å². The van der Waals surface area contributed by atoms with Gasteiger partial charge in [0.1, 0.15) is 11.5 Å². The first-order chi connectivity index (χ1) is 12.7. The number of hydrogen-bond acceptors (Lipinski definition) is 5. The molecule has 1 saturated heterocycles. The molecule has 2 heterocycles. The van der Waals surface area contributed by atoms with E-state index in [0.29, 0.717) is 12.4 Å². The molecule has 1 aromatic heterocycles. The maximum absolute atomic E-state index is 12.3. The molecule has 0 N–H and O–H groups in total. The van der Waals surface area contributed by atoms with E-state index in [2.05, 4.69) is 10.00 Å². The molecule has 26 heavy (non-hydrogen) atoms. The zero-order chi connectivity index (χ0) is 18.2. The van der Waals surface area contributed by atoms with Crippen molar-refractivity contribution in [1.29, 1.82) is 0 Å². The van der Waals surface area contributed by atoms with E-state index in [0.717, 1.165) is 45.0 Å². The second kappa shape index (κ2) is 9.24. The van der Waals surface area contributed by atoms with Crippen LogP contribution < -0.4 is 9.47 Å². The van der Waals surface area contributed by atoms with Gasteiger partial charge in [-0.05, 0) is 37.3 Å². The van der Waals surface area contributed by atoms with E-state index in [4.69, 9.17) is 9.47 Å². The number of benzene rings is 1. The molecular formula is C19H26N4O3. The van der Waals surface area contributed by atoms with Crippen LogP contribution in [0.4, 0.5) is 0 Å². The third-order valence-electron chi connectivity index (χ3n) is 4.43. The van der Waals surface area contributed by atoms with Crippen molar-refractivity contribution < 1.29 is 14.3 Å². The van der Waals surface area contributed by atoms with E-state index >= 15 is 0 Å². The minimum absolute atomic E-state index is 0.0330. The second-order valence-corrected chi connectivity index (χ2v) is 6.18. The minimum Gasteiger partial charge on any atom is -0.494 e. The fraction of sp³-hybridized carbons (Fsp3) is 0.474. The zero-order valence-corrected chi connectivity index (χ0v) is 15.2. The van der Waals surface area contributed by atoms with Gasteiger partial charge >= 0.3 is 0 Å². The van der Waals surface area contributed by atoms with Crippen LogP contribution in [0.2, 0.25) is 0 Å². The Hall–Kier alpha value is -2.54. The van der Waals surface area contributed by atoms with Gasteiger partial charge in [0.2, 0.25) is 0 Å². The van der Waals surface area contributed by atoms with E-state index in [1.807, 2.05) is 53.0 Å². The Morgan fingerprint density at radius 3 is 2.35 bits per heavy atom. The molecule has 7 nitrogen and oxygen atoms in total. The summed E-state index contributed by atoms with van der Waals surface area (Å²) in [5.41, 5.74) is 0.